The van der Waals surface area contributed by atoms with Crippen LogP contribution in [-0.4, -0.2) is 36.1 Å². The molecule has 0 atom stereocenters. The van der Waals surface area contributed by atoms with Crippen LogP contribution in [0.4, 0.5) is 4.39 Å². The van der Waals surface area contributed by atoms with E-state index in [2.05, 4.69) is 0 Å². The van der Waals surface area contributed by atoms with E-state index in [1.54, 1.807) is 17.0 Å². The third-order valence-corrected chi connectivity index (χ3v) is 4.19. The minimum Gasteiger partial charge on any atom is -0.377 e. The predicted molar refractivity (Wildman–Crippen MR) is 87.8 cm³/mol. The quantitative estimate of drug-likeness (QED) is 0.845. The highest BCUT2D eigenvalue weighted by Gasteiger charge is 2.35. The van der Waals surface area contributed by atoms with Gasteiger partial charge in [-0.15, -0.1) is 0 Å². The molecule has 1 amide bonds. The summed E-state index contributed by atoms with van der Waals surface area (Å²) in [7, 11) is 0. The van der Waals surface area contributed by atoms with Crippen LogP contribution in [0.3, 0.4) is 0 Å². The van der Waals surface area contributed by atoms with Crippen LogP contribution in [0.1, 0.15) is 24.2 Å². The summed E-state index contributed by atoms with van der Waals surface area (Å²) in [6, 6.07) is 14.4. The number of ether oxygens (including phenoxy) is 1. The Bertz CT molecular complexity index is 713. The Hall–Kier alpha value is -2.20. The molecule has 2 aromatic carbocycles. The molecule has 2 aromatic rings. The van der Waals surface area contributed by atoms with Gasteiger partial charge in [0.05, 0.1) is 24.3 Å². The first kappa shape index (κ1) is 15.7. The largest absolute Gasteiger partial charge is 0.377 e. The average molecular weight is 313 g/mol. The minimum absolute atomic E-state index is 0.112. The molecule has 3 nitrogen and oxygen atoms in total. The van der Waals surface area contributed by atoms with E-state index in [0.717, 1.165) is 11.1 Å². The third kappa shape index (κ3) is 3.13. The molecule has 0 N–H and O–H groups in total. The van der Waals surface area contributed by atoms with Crippen molar-refractivity contribution in [2.75, 3.05) is 19.8 Å². The van der Waals surface area contributed by atoms with E-state index in [4.69, 9.17) is 4.74 Å². The molecule has 120 valence electrons. The molecular formula is C19H20FNO2. The summed E-state index contributed by atoms with van der Waals surface area (Å²) >= 11 is 0. The second-order valence-electron chi connectivity index (χ2n) is 6.38. The fraction of sp³-hybridized carbons (Fsp3) is 0.316. The van der Waals surface area contributed by atoms with Crippen molar-refractivity contribution in [3.05, 3.63) is 59.9 Å². The number of amides is 1. The van der Waals surface area contributed by atoms with E-state index in [1.807, 2.05) is 44.2 Å². The van der Waals surface area contributed by atoms with E-state index < -0.39 is 11.4 Å². The van der Waals surface area contributed by atoms with E-state index in [-0.39, 0.29) is 11.5 Å². The third-order valence-electron chi connectivity index (χ3n) is 4.19. The van der Waals surface area contributed by atoms with Gasteiger partial charge in [-0.2, -0.15) is 0 Å². The normalized spacial score (nSPS) is 17.1. The zero-order chi connectivity index (χ0) is 16.4. The van der Waals surface area contributed by atoms with Crippen molar-refractivity contribution in [2.24, 2.45) is 0 Å². The molecule has 0 spiro atoms. The van der Waals surface area contributed by atoms with Crippen LogP contribution < -0.4 is 0 Å². The molecule has 0 unspecified atom stereocenters. The summed E-state index contributed by atoms with van der Waals surface area (Å²) in [4.78, 5) is 14.5. The van der Waals surface area contributed by atoms with Gasteiger partial charge < -0.3 is 9.64 Å². The lowest BCUT2D eigenvalue weighted by atomic mass is 9.98. The molecule has 1 saturated heterocycles. The molecule has 1 heterocycles. The van der Waals surface area contributed by atoms with Crippen LogP contribution in [0.25, 0.3) is 11.1 Å². The van der Waals surface area contributed by atoms with Gasteiger partial charge in [0.25, 0.3) is 5.91 Å². The first-order valence-electron chi connectivity index (χ1n) is 7.74. The predicted octanol–water partition coefficient (Wildman–Crippen LogP) is 3.74. The highest BCUT2D eigenvalue weighted by molar-refractivity contribution is 5.96. The second kappa shape index (κ2) is 6.13. The van der Waals surface area contributed by atoms with Crippen molar-refractivity contribution in [2.45, 2.75) is 19.4 Å². The van der Waals surface area contributed by atoms with Gasteiger partial charge >= 0.3 is 0 Å². The summed E-state index contributed by atoms with van der Waals surface area (Å²) in [5.41, 5.74) is 1.47. The topological polar surface area (TPSA) is 29.5 Å². The Morgan fingerprint density at radius 2 is 1.87 bits per heavy atom. The maximum absolute atomic E-state index is 14.3. The van der Waals surface area contributed by atoms with Crippen molar-refractivity contribution in [3.8, 4) is 11.1 Å². The van der Waals surface area contributed by atoms with Crippen molar-refractivity contribution in [1.82, 2.24) is 4.90 Å². The first-order valence-corrected chi connectivity index (χ1v) is 7.74. The van der Waals surface area contributed by atoms with Gasteiger partial charge in [-0.1, -0.05) is 36.4 Å². The molecule has 0 saturated carbocycles. The number of carbonyl (C=O) groups is 1. The van der Waals surface area contributed by atoms with Crippen LogP contribution in [0, 0.1) is 5.82 Å². The van der Waals surface area contributed by atoms with Crippen LogP contribution in [0.5, 0.6) is 0 Å². The van der Waals surface area contributed by atoms with Crippen LogP contribution in [-0.2, 0) is 4.74 Å². The van der Waals surface area contributed by atoms with Crippen molar-refractivity contribution in [3.63, 3.8) is 0 Å². The van der Waals surface area contributed by atoms with E-state index in [0.29, 0.717) is 19.8 Å². The van der Waals surface area contributed by atoms with E-state index in [9.17, 15) is 9.18 Å². The van der Waals surface area contributed by atoms with Gasteiger partial charge in [0, 0.05) is 6.54 Å². The number of benzene rings is 2. The number of nitrogens with zero attached hydrogens (tertiary/aromatic N) is 1. The van der Waals surface area contributed by atoms with Gasteiger partial charge in [0.15, 0.2) is 0 Å². The molecule has 23 heavy (non-hydrogen) atoms. The van der Waals surface area contributed by atoms with E-state index in [1.165, 1.54) is 6.07 Å². The maximum Gasteiger partial charge on any atom is 0.257 e. The number of hydrogen-bond acceptors (Lipinski definition) is 2. The molecule has 0 aliphatic carbocycles. The van der Waals surface area contributed by atoms with Gasteiger partial charge in [0.1, 0.15) is 5.82 Å². The summed E-state index contributed by atoms with van der Waals surface area (Å²) in [5.74, 6) is -0.773. The smallest absolute Gasteiger partial charge is 0.257 e. The Balaban J connectivity index is 1.97. The Morgan fingerprint density at radius 3 is 2.57 bits per heavy atom. The molecule has 1 aliphatic rings. The Morgan fingerprint density at radius 1 is 1.13 bits per heavy atom. The lowest BCUT2D eigenvalue weighted by molar-refractivity contribution is -0.0372. The van der Waals surface area contributed by atoms with E-state index >= 15 is 0 Å². The highest BCUT2D eigenvalue weighted by Crippen LogP contribution is 2.26. The summed E-state index contributed by atoms with van der Waals surface area (Å²) in [5, 5.41) is 0. The lowest BCUT2D eigenvalue weighted by Crippen LogP contribution is -2.55. The molecule has 4 heteroatoms. The fourth-order valence-electron chi connectivity index (χ4n) is 2.88. The van der Waals surface area contributed by atoms with Crippen molar-refractivity contribution >= 4 is 5.91 Å². The molecule has 1 aliphatic heterocycles. The molecular weight excluding hydrogens is 293 g/mol. The standard InChI is InChI=1S/C19H20FNO2/c1-19(2)13-23-11-10-21(19)18(22)16-12-15(8-9-17(16)20)14-6-4-3-5-7-14/h3-9,12H,10-11,13H2,1-2H3. The zero-order valence-electron chi connectivity index (χ0n) is 13.4. The summed E-state index contributed by atoms with van der Waals surface area (Å²) < 4.78 is 19.7. The number of rotatable bonds is 2. The Kier molecular flexibility index (Phi) is 4.18. The summed E-state index contributed by atoms with van der Waals surface area (Å²) in [6.45, 7) is 5.28. The minimum atomic E-state index is -0.489. The SMILES string of the molecule is CC1(C)COCCN1C(=O)c1cc(-c2ccccc2)ccc1F. The average Bonchev–Trinajstić information content (AvgIpc) is 2.55. The van der Waals surface area contributed by atoms with Crippen LogP contribution >= 0.6 is 0 Å². The van der Waals surface area contributed by atoms with Crippen molar-refractivity contribution in [1.29, 1.82) is 0 Å². The maximum atomic E-state index is 14.3. The first-order chi connectivity index (χ1) is 11.0. The molecule has 0 aromatic heterocycles. The van der Waals surface area contributed by atoms with Gasteiger partial charge in [0.2, 0.25) is 0 Å². The van der Waals surface area contributed by atoms with Crippen molar-refractivity contribution < 1.29 is 13.9 Å². The van der Waals surface area contributed by atoms with Gasteiger partial charge in [-0.3, -0.25) is 4.79 Å². The van der Waals surface area contributed by atoms with Crippen LogP contribution in [0.15, 0.2) is 48.5 Å². The summed E-state index contributed by atoms with van der Waals surface area (Å²) in [6.07, 6.45) is 0. The molecule has 1 fully saturated rings. The number of carbonyl (C=O) groups excluding carboxylic acids is 1. The number of hydrogen-bond donors (Lipinski definition) is 0. The second-order valence-corrected chi connectivity index (χ2v) is 6.38. The van der Waals surface area contributed by atoms with Gasteiger partial charge in [-0.05, 0) is 37.1 Å². The fourth-order valence-corrected chi connectivity index (χ4v) is 2.88. The molecule has 3 rings (SSSR count). The molecule has 0 bridgehead atoms. The Labute approximate surface area is 135 Å². The number of halogens is 1. The highest BCUT2D eigenvalue weighted by atomic mass is 19.1. The van der Waals surface area contributed by atoms with Crippen LogP contribution in [0.2, 0.25) is 0 Å². The monoisotopic (exact) mass is 313 g/mol. The number of morpholine rings is 1. The molecule has 0 radical (unpaired) electrons. The zero-order valence-corrected chi connectivity index (χ0v) is 13.4. The van der Waals surface area contributed by atoms with Gasteiger partial charge in [-0.25, -0.2) is 4.39 Å². The lowest BCUT2D eigenvalue weighted by Gasteiger charge is -2.42.